The smallest absolute Gasteiger partial charge is 0.131 e. The molecule has 2 aliphatic rings. The molecule has 0 unspecified atom stereocenters. The maximum absolute atomic E-state index is 14.0. The summed E-state index contributed by atoms with van der Waals surface area (Å²) in [7, 11) is 1.60. The number of hydrogen-bond acceptors (Lipinski definition) is 4. The predicted octanol–water partition coefficient (Wildman–Crippen LogP) is 3.06. The Balaban J connectivity index is 1.49. The van der Waals surface area contributed by atoms with Gasteiger partial charge >= 0.3 is 0 Å². The minimum absolute atomic E-state index is 0.183. The third-order valence-corrected chi connectivity index (χ3v) is 4.62. The van der Waals surface area contributed by atoms with Gasteiger partial charge in [0.15, 0.2) is 0 Å². The van der Waals surface area contributed by atoms with Gasteiger partial charge in [-0.25, -0.2) is 14.4 Å². The van der Waals surface area contributed by atoms with E-state index in [1.807, 2.05) is 6.20 Å². The Morgan fingerprint density at radius 3 is 3.00 bits per heavy atom. The van der Waals surface area contributed by atoms with E-state index >= 15 is 0 Å². The summed E-state index contributed by atoms with van der Waals surface area (Å²) < 4.78 is 19.2. The molecule has 1 aromatic heterocycles. The van der Waals surface area contributed by atoms with E-state index < -0.39 is 0 Å². The summed E-state index contributed by atoms with van der Waals surface area (Å²) in [5.41, 5.74) is 3.01. The molecule has 0 spiro atoms. The van der Waals surface area contributed by atoms with E-state index in [0.717, 1.165) is 25.3 Å². The quantitative estimate of drug-likeness (QED) is 0.869. The van der Waals surface area contributed by atoms with Gasteiger partial charge in [-0.3, -0.25) is 4.90 Å². The minimum atomic E-state index is -0.183. The van der Waals surface area contributed by atoms with E-state index in [-0.39, 0.29) is 5.82 Å². The van der Waals surface area contributed by atoms with Crippen LogP contribution in [0.4, 0.5) is 4.39 Å². The number of halogens is 1. The van der Waals surface area contributed by atoms with Crippen molar-refractivity contribution in [3.8, 4) is 5.75 Å². The molecule has 1 aromatic carbocycles. The summed E-state index contributed by atoms with van der Waals surface area (Å²) in [6, 6.07) is 4.90. The number of fused-ring (bicyclic) bond motifs is 1. The number of benzene rings is 1. The molecule has 1 fully saturated rings. The Morgan fingerprint density at radius 2 is 2.22 bits per heavy atom. The van der Waals surface area contributed by atoms with Crippen molar-refractivity contribution in [1.82, 2.24) is 14.9 Å². The first-order valence-electron chi connectivity index (χ1n) is 8.12. The molecule has 0 atom stereocenters. The van der Waals surface area contributed by atoms with Gasteiger partial charge in [0.05, 0.1) is 7.11 Å². The van der Waals surface area contributed by atoms with Crippen molar-refractivity contribution in [3.05, 3.63) is 52.9 Å². The summed E-state index contributed by atoms with van der Waals surface area (Å²) in [4.78, 5) is 11.5. The maximum Gasteiger partial charge on any atom is 0.131 e. The van der Waals surface area contributed by atoms with Crippen LogP contribution in [0.5, 0.6) is 5.75 Å². The van der Waals surface area contributed by atoms with Crippen LogP contribution >= 0.6 is 0 Å². The Hall–Kier alpha value is -2.01. The van der Waals surface area contributed by atoms with Gasteiger partial charge in [-0.1, -0.05) is 0 Å². The lowest BCUT2D eigenvalue weighted by Gasteiger charge is -2.28. The van der Waals surface area contributed by atoms with E-state index in [1.165, 1.54) is 30.2 Å². The standard InChI is InChI=1S/C18H20FN3O/c1-23-15-4-5-16(19)13(8-15)10-22-7-6-17-14(11-22)9-20-18(21-17)12-2-3-12/h4-5,8-9,12H,2-3,6-7,10-11H2,1H3. The van der Waals surface area contributed by atoms with E-state index in [9.17, 15) is 4.39 Å². The molecule has 2 aromatic rings. The van der Waals surface area contributed by atoms with Crippen LogP contribution in [-0.4, -0.2) is 28.5 Å². The van der Waals surface area contributed by atoms with Crippen molar-refractivity contribution >= 4 is 0 Å². The number of rotatable bonds is 4. The molecule has 4 nitrogen and oxygen atoms in total. The van der Waals surface area contributed by atoms with Crippen molar-refractivity contribution in [2.24, 2.45) is 0 Å². The second-order valence-electron chi connectivity index (χ2n) is 6.39. The van der Waals surface area contributed by atoms with E-state index in [4.69, 9.17) is 9.72 Å². The fraction of sp³-hybridized carbons (Fsp3) is 0.444. The first kappa shape index (κ1) is 14.6. The average molecular weight is 313 g/mol. The van der Waals surface area contributed by atoms with Crippen molar-refractivity contribution in [2.75, 3.05) is 13.7 Å². The summed E-state index contributed by atoms with van der Waals surface area (Å²) in [5, 5.41) is 0. The molecule has 1 aliphatic heterocycles. The van der Waals surface area contributed by atoms with E-state index in [0.29, 0.717) is 23.8 Å². The topological polar surface area (TPSA) is 38.2 Å². The normalized spacial score (nSPS) is 17.8. The molecule has 0 bridgehead atoms. The van der Waals surface area contributed by atoms with Gasteiger partial charge in [-0.2, -0.15) is 0 Å². The molecule has 0 N–H and O–H groups in total. The molecule has 23 heavy (non-hydrogen) atoms. The molecule has 1 aliphatic carbocycles. The first-order chi connectivity index (χ1) is 11.2. The van der Waals surface area contributed by atoms with Crippen LogP contribution in [0.15, 0.2) is 24.4 Å². The predicted molar refractivity (Wildman–Crippen MR) is 84.8 cm³/mol. The number of methoxy groups -OCH3 is 1. The number of aromatic nitrogens is 2. The third kappa shape index (κ3) is 3.06. The van der Waals surface area contributed by atoms with E-state index in [1.54, 1.807) is 19.2 Å². The second-order valence-corrected chi connectivity index (χ2v) is 6.39. The van der Waals surface area contributed by atoms with Gasteiger partial charge in [-0.05, 0) is 31.0 Å². The lowest BCUT2D eigenvalue weighted by Crippen LogP contribution is -2.31. The molecule has 120 valence electrons. The zero-order chi connectivity index (χ0) is 15.8. The molecule has 0 radical (unpaired) electrons. The minimum Gasteiger partial charge on any atom is -0.497 e. The molecule has 2 heterocycles. The second kappa shape index (κ2) is 5.89. The third-order valence-electron chi connectivity index (χ3n) is 4.62. The van der Waals surface area contributed by atoms with Crippen LogP contribution in [0, 0.1) is 5.82 Å². The molecule has 0 amide bonds. The summed E-state index contributed by atoms with van der Waals surface area (Å²) in [6.45, 7) is 2.24. The maximum atomic E-state index is 14.0. The zero-order valence-corrected chi connectivity index (χ0v) is 13.3. The van der Waals surface area contributed by atoms with Crippen molar-refractivity contribution < 1.29 is 9.13 Å². The summed E-state index contributed by atoms with van der Waals surface area (Å²) >= 11 is 0. The Morgan fingerprint density at radius 1 is 1.35 bits per heavy atom. The fourth-order valence-electron chi connectivity index (χ4n) is 3.10. The van der Waals surface area contributed by atoms with Gasteiger partial charge in [0.1, 0.15) is 17.4 Å². The number of nitrogens with zero attached hydrogens (tertiary/aromatic N) is 3. The van der Waals surface area contributed by atoms with Crippen LogP contribution in [0.3, 0.4) is 0 Å². The van der Waals surface area contributed by atoms with Gasteiger partial charge in [0.25, 0.3) is 0 Å². The zero-order valence-electron chi connectivity index (χ0n) is 13.3. The largest absolute Gasteiger partial charge is 0.497 e. The summed E-state index contributed by atoms with van der Waals surface area (Å²) in [6.07, 6.45) is 5.31. The first-order valence-corrected chi connectivity index (χ1v) is 8.12. The lowest BCUT2D eigenvalue weighted by atomic mass is 10.1. The highest BCUT2D eigenvalue weighted by Crippen LogP contribution is 2.38. The molecular formula is C18H20FN3O. The SMILES string of the molecule is COc1ccc(F)c(CN2CCc3nc(C4CC4)ncc3C2)c1. The fourth-order valence-corrected chi connectivity index (χ4v) is 3.10. The molecule has 5 heteroatoms. The Labute approximate surface area is 135 Å². The van der Waals surface area contributed by atoms with Crippen molar-refractivity contribution in [1.29, 1.82) is 0 Å². The van der Waals surface area contributed by atoms with Crippen LogP contribution < -0.4 is 4.74 Å². The van der Waals surface area contributed by atoms with Gasteiger partial charge in [-0.15, -0.1) is 0 Å². The number of hydrogen-bond donors (Lipinski definition) is 0. The van der Waals surface area contributed by atoms with Gasteiger partial charge in [0.2, 0.25) is 0 Å². The van der Waals surface area contributed by atoms with Crippen LogP contribution in [-0.2, 0) is 19.5 Å². The van der Waals surface area contributed by atoms with Gasteiger partial charge in [0, 0.05) is 55.0 Å². The highest BCUT2D eigenvalue weighted by molar-refractivity contribution is 5.30. The average Bonchev–Trinajstić information content (AvgIpc) is 3.41. The van der Waals surface area contributed by atoms with E-state index in [2.05, 4.69) is 9.88 Å². The molecule has 0 saturated heterocycles. The lowest BCUT2D eigenvalue weighted by molar-refractivity contribution is 0.239. The number of ether oxygens (including phenoxy) is 1. The Bertz CT molecular complexity index is 730. The van der Waals surface area contributed by atoms with Gasteiger partial charge < -0.3 is 4.74 Å². The van der Waals surface area contributed by atoms with Crippen molar-refractivity contribution in [3.63, 3.8) is 0 Å². The van der Waals surface area contributed by atoms with Crippen LogP contribution in [0.2, 0.25) is 0 Å². The monoisotopic (exact) mass is 313 g/mol. The molecule has 1 saturated carbocycles. The summed E-state index contributed by atoms with van der Waals surface area (Å²) in [5.74, 6) is 2.10. The van der Waals surface area contributed by atoms with Crippen LogP contribution in [0.25, 0.3) is 0 Å². The molecule has 4 rings (SSSR count). The highest BCUT2D eigenvalue weighted by atomic mass is 19.1. The van der Waals surface area contributed by atoms with Crippen LogP contribution in [0.1, 0.15) is 41.4 Å². The Kier molecular flexibility index (Phi) is 3.73. The molecular weight excluding hydrogens is 293 g/mol. The van der Waals surface area contributed by atoms with Crippen molar-refractivity contribution in [2.45, 2.75) is 38.3 Å². The highest BCUT2D eigenvalue weighted by Gasteiger charge is 2.28.